The second-order valence-corrected chi connectivity index (χ2v) is 5.80. The Morgan fingerprint density at radius 3 is 2.70 bits per heavy atom. The van der Waals surface area contributed by atoms with Crippen LogP contribution in [0.2, 0.25) is 0 Å². The monoisotopic (exact) mass is 279 g/mol. The molecule has 0 amide bonds. The van der Waals surface area contributed by atoms with Crippen LogP contribution in [-0.4, -0.2) is 47.2 Å². The average Bonchev–Trinajstić information content (AvgIpc) is 2.38. The molecule has 1 atom stereocenters. The van der Waals surface area contributed by atoms with E-state index in [1.165, 1.54) is 0 Å². The van der Waals surface area contributed by atoms with Crippen LogP contribution in [-0.2, 0) is 9.53 Å². The van der Waals surface area contributed by atoms with Crippen LogP contribution < -0.4 is 16.0 Å². The van der Waals surface area contributed by atoms with E-state index >= 15 is 0 Å². The van der Waals surface area contributed by atoms with Crippen molar-refractivity contribution in [1.82, 2.24) is 15.3 Å². The number of esters is 1. The van der Waals surface area contributed by atoms with E-state index in [9.17, 15) is 4.79 Å². The number of piperazine rings is 1. The molecule has 2 heterocycles. The van der Waals surface area contributed by atoms with Gasteiger partial charge in [-0.05, 0) is 20.8 Å². The van der Waals surface area contributed by atoms with Crippen LogP contribution in [0.1, 0.15) is 20.8 Å². The first-order valence-corrected chi connectivity index (χ1v) is 6.64. The number of rotatable bonds is 2. The van der Waals surface area contributed by atoms with Gasteiger partial charge in [0, 0.05) is 19.6 Å². The van der Waals surface area contributed by atoms with Crippen LogP contribution in [0, 0.1) is 0 Å². The number of anilines is 2. The summed E-state index contributed by atoms with van der Waals surface area (Å²) in [7, 11) is 0. The molecular weight excluding hydrogens is 258 g/mol. The molecule has 1 aliphatic rings. The van der Waals surface area contributed by atoms with Crippen LogP contribution in [0.4, 0.5) is 11.6 Å². The second kappa shape index (κ2) is 5.62. The Hall–Kier alpha value is -1.89. The molecule has 1 aromatic heterocycles. The van der Waals surface area contributed by atoms with Gasteiger partial charge in [-0.15, -0.1) is 0 Å². The molecule has 3 N–H and O–H groups in total. The topological polar surface area (TPSA) is 93.4 Å². The number of carbonyl (C=O) groups is 1. The molecule has 1 aromatic rings. The molecule has 0 spiro atoms. The van der Waals surface area contributed by atoms with E-state index in [0.29, 0.717) is 24.7 Å². The number of nitrogens with two attached hydrogens (primary N) is 1. The first-order valence-electron chi connectivity index (χ1n) is 6.64. The number of hydrogen-bond acceptors (Lipinski definition) is 7. The van der Waals surface area contributed by atoms with Crippen molar-refractivity contribution in [2.45, 2.75) is 32.4 Å². The minimum absolute atomic E-state index is 0.252. The Morgan fingerprint density at radius 1 is 1.45 bits per heavy atom. The zero-order valence-electron chi connectivity index (χ0n) is 12.1. The van der Waals surface area contributed by atoms with Gasteiger partial charge in [-0.3, -0.25) is 4.79 Å². The minimum Gasteiger partial charge on any atom is -0.459 e. The molecule has 1 unspecified atom stereocenters. The highest BCUT2D eigenvalue weighted by Crippen LogP contribution is 2.14. The summed E-state index contributed by atoms with van der Waals surface area (Å²) in [6.45, 7) is 7.47. The standard InChI is InChI=1S/C13H21N5O2/c1-13(2,3)20-11(19)10-8-18(5-4-15-10)12-16-6-9(14)7-17-12/h6-7,10,15H,4-5,8,14H2,1-3H3. The largest absolute Gasteiger partial charge is 0.459 e. The van der Waals surface area contributed by atoms with Crippen molar-refractivity contribution in [3.8, 4) is 0 Å². The Bertz CT molecular complexity index is 469. The molecule has 0 aromatic carbocycles. The van der Waals surface area contributed by atoms with Gasteiger partial charge in [0.05, 0.1) is 18.1 Å². The summed E-state index contributed by atoms with van der Waals surface area (Å²) >= 11 is 0. The van der Waals surface area contributed by atoms with Crippen molar-refractivity contribution in [2.75, 3.05) is 30.3 Å². The van der Waals surface area contributed by atoms with Gasteiger partial charge in [0.15, 0.2) is 0 Å². The number of ether oxygens (including phenoxy) is 1. The van der Waals surface area contributed by atoms with E-state index in [4.69, 9.17) is 10.5 Å². The van der Waals surface area contributed by atoms with E-state index in [1.54, 1.807) is 12.4 Å². The highest BCUT2D eigenvalue weighted by Gasteiger charge is 2.30. The van der Waals surface area contributed by atoms with Crippen LogP contribution in [0.5, 0.6) is 0 Å². The maximum atomic E-state index is 12.1. The van der Waals surface area contributed by atoms with E-state index in [-0.39, 0.29) is 12.0 Å². The predicted octanol–water partition coefficient (Wildman–Crippen LogP) is 0.179. The Balaban J connectivity index is 2.01. The van der Waals surface area contributed by atoms with Gasteiger partial charge in [0.25, 0.3) is 0 Å². The zero-order valence-corrected chi connectivity index (χ0v) is 12.1. The number of nitrogen functional groups attached to an aromatic ring is 1. The molecule has 1 fully saturated rings. The summed E-state index contributed by atoms with van der Waals surface area (Å²) < 4.78 is 5.39. The number of nitrogens with one attached hydrogen (secondary N) is 1. The number of hydrogen-bond donors (Lipinski definition) is 2. The molecule has 0 radical (unpaired) electrons. The Morgan fingerprint density at radius 2 is 2.10 bits per heavy atom. The van der Waals surface area contributed by atoms with E-state index in [0.717, 1.165) is 6.54 Å². The van der Waals surface area contributed by atoms with Crippen molar-refractivity contribution >= 4 is 17.6 Å². The van der Waals surface area contributed by atoms with E-state index < -0.39 is 5.60 Å². The van der Waals surface area contributed by atoms with Gasteiger partial charge in [-0.2, -0.15) is 0 Å². The average molecular weight is 279 g/mol. The van der Waals surface area contributed by atoms with Gasteiger partial charge in [-0.25, -0.2) is 9.97 Å². The molecule has 1 aliphatic heterocycles. The summed E-state index contributed by atoms with van der Waals surface area (Å²) in [5.41, 5.74) is 5.60. The fourth-order valence-corrected chi connectivity index (χ4v) is 1.96. The van der Waals surface area contributed by atoms with Gasteiger partial charge in [0.1, 0.15) is 11.6 Å². The molecule has 7 nitrogen and oxygen atoms in total. The molecule has 0 saturated carbocycles. The molecule has 2 rings (SSSR count). The van der Waals surface area contributed by atoms with Crippen molar-refractivity contribution in [2.24, 2.45) is 0 Å². The predicted molar refractivity (Wildman–Crippen MR) is 76.3 cm³/mol. The lowest BCUT2D eigenvalue weighted by atomic mass is 10.1. The third kappa shape index (κ3) is 3.80. The lowest BCUT2D eigenvalue weighted by molar-refractivity contribution is -0.157. The molecular formula is C13H21N5O2. The number of carbonyl (C=O) groups excluding carboxylic acids is 1. The highest BCUT2D eigenvalue weighted by molar-refractivity contribution is 5.77. The second-order valence-electron chi connectivity index (χ2n) is 5.80. The Kier molecular flexibility index (Phi) is 4.08. The fourth-order valence-electron chi connectivity index (χ4n) is 1.96. The highest BCUT2D eigenvalue weighted by atomic mass is 16.6. The summed E-state index contributed by atoms with van der Waals surface area (Å²) in [5, 5.41) is 3.16. The Labute approximate surface area is 118 Å². The van der Waals surface area contributed by atoms with Crippen LogP contribution in [0.3, 0.4) is 0 Å². The van der Waals surface area contributed by atoms with Gasteiger partial charge < -0.3 is 20.7 Å². The van der Waals surface area contributed by atoms with Crippen LogP contribution in [0.25, 0.3) is 0 Å². The molecule has 0 aliphatic carbocycles. The molecule has 110 valence electrons. The minimum atomic E-state index is -0.487. The van der Waals surface area contributed by atoms with E-state index in [1.807, 2.05) is 25.7 Å². The quantitative estimate of drug-likeness (QED) is 0.746. The lowest BCUT2D eigenvalue weighted by Gasteiger charge is -2.33. The molecule has 7 heteroatoms. The van der Waals surface area contributed by atoms with Crippen LogP contribution >= 0.6 is 0 Å². The van der Waals surface area contributed by atoms with Gasteiger partial charge in [-0.1, -0.05) is 0 Å². The first-order chi connectivity index (χ1) is 9.35. The molecule has 1 saturated heterocycles. The van der Waals surface area contributed by atoms with Crippen molar-refractivity contribution < 1.29 is 9.53 Å². The molecule has 0 bridgehead atoms. The summed E-state index contributed by atoms with van der Waals surface area (Å²) in [4.78, 5) is 22.4. The van der Waals surface area contributed by atoms with Gasteiger partial charge >= 0.3 is 5.97 Å². The maximum absolute atomic E-state index is 12.1. The SMILES string of the molecule is CC(C)(C)OC(=O)C1CN(c2ncc(N)cn2)CCN1. The number of nitrogens with zero attached hydrogens (tertiary/aromatic N) is 3. The third-order valence-electron chi connectivity index (χ3n) is 2.81. The smallest absolute Gasteiger partial charge is 0.325 e. The van der Waals surface area contributed by atoms with Crippen molar-refractivity contribution in [1.29, 1.82) is 0 Å². The lowest BCUT2D eigenvalue weighted by Crippen LogP contribution is -2.56. The van der Waals surface area contributed by atoms with Crippen molar-refractivity contribution in [3.63, 3.8) is 0 Å². The van der Waals surface area contributed by atoms with Gasteiger partial charge in [0.2, 0.25) is 5.95 Å². The fraction of sp³-hybridized carbons (Fsp3) is 0.615. The first kappa shape index (κ1) is 14.5. The normalized spacial score (nSPS) is 19.8. The summed E-state index contributed by atoms with van der Waals surface area (Å²) in [5.74, 6) is 0.326. The van der Waals surface area contributed by atoms with Crippen molar-refractivity contribution in [3.05, 3.63) is 12.4 Å². The third-order valence-corrected chi connectivity index (χ3v) is 2.81. The van der Waals surface area contributed by atoms with Crippen LogP contribution in [0.15, 0.2) is 12.4 Å². The zero-order chi connectivity index (χ0) is 14.8. The van der Waals surface area contributed by atoms with E-state index in [2.05, 4.69) is 15.3 Å². The maximum Gasteiger partial charge on any atom is 0.325 e. The summed E-state index contributed by atoms with van der Waals surface area (Å²) in [6.07, 6.45) is 3.12. The molecule has 20 heavy (non-hydrogen) atoms. The summed E-state index contributed by atoms with van der Waals surface area (Å²) in [6, 6.07) is -0.371. The number of aromatic nitrogens is 2.